The molecule has 6 heteroatoms. The molecule has 0 fully saturated rings. The summed E-state index contributed by atoms with van der Waals surface area (Å²) in [5.74, 6) is -0.469. The Morgan fingerprint density at radius 2 is 1.76 bits per heavy atom. The first-order valence-corrected chi connectivity index (χ1v) is 7.89. The molecule has 4 nitrogen and oxygen atoms in total. The zero-order valence-electron chi connectivity index (χ0n) is 11.5. The Balaban J connectivity index is 2.32. The third-order valence-corrected chi connectivity index (χ3v) is 4.78. The van der Waals surface area contributed by atoms with Gasteiger partial charge in [0, 0.05) is 11.6 Å². The van der Waals surface area contributed by atoms with Gasteiger partial charge in [-0.25, -0.2) is 17.5 Å². The minimum atomic E-state index is -3.84. The lowest BCUT2D eigenvalue weighted by Crippen LogP contribution is -2.28. The fraction of sp³-hybridized carbons (Fsp3) is 0.200. The molecular formula is C15H16FNO3S. The summed E-state index contributed by atoms with van der Waals surface area (Å²) in [6.45, 7) is 1.18. The van der Waals surface area contributed by atoms with Crippen LogP contribution in [0.1, 0.15) is 24.1 Å². The fourth-order valence-corrected chi connectivity index (χ4v) is 3.54. The molecule has 2 N–H and O–H groups in total. The maximum Gasteiger partial charge on any atom is 0.241 e. The predicted octanol–water partition coefficient (Wildman–Crippen LogP) is 2.36. The average molecular weight is 309 g/mol. The van der Waals surface area contributed by atoms with E-state index in [-0.39, 0.29) is 17.1 Å². The van der Waals surface area contributed by atoms with Gasteiger partial charge in [0.25, 0.3) is 0 Å². The Bertz CT molecular complexity index is 731. The second-order valence-corrected chi connectivity index (χ2v) is 6.31. The molecule has 2 aromatic rings. The molecule has 0 saturated carbocycles. The van der Waals surface area contributed by atoms with Crippen molar-refractivity contribution in [2.45, 2.75) is 24.5 Å². The number of nitrogens with one attached hydrogen (secondary N) is 1. The number of benzene rings is 2. The van der Waals surface area contributed by atoms with Crippen LogP contribution in [0.25, 0.3) is 0 Å². The molecule has 2 aromatic carbocycles. The number of hydrogen-bond acceptors (Lipinski definition) is 3. The van der Waals surface area contributed by atoms with E-state index in [1.165, 1.54) is 24.3 Å². The van der Waals surface area contributed by atoms with Crippen molar-refractivity contribution in [1.82, 2.24) is 4.72 Å². The number of aliphatic hydroxyl groups is 1. The van der Waals surface area contributed by atoms with E-state index in [1.54, 1.807) is 31.2 Å². The number of sulfonamides is 1. The van der Waals surface area contributed by atoms with Crippen LogP contribution in [-0.2, 0) is 16.6 Å². The molecule has 2 rings (SSSR count). The molecule has 0 heterocycles. The van der Waals surface area contributed by atoms with E-state index in [2.05, 4.69) is 4.72 Å². The van der Waals surface area contributed by atoms with Gasteiger partial charge in [0.2, 0.25) is 10.0 Å². The van der Waals surface area contributed by atoms with Gasteiger partial charge >= 0.3 is 0 Å². The number of aliphatic hydroxyl groups excluding tert-OH is 1. The molecule has 1 unspecified atom stereocenters. The maximum atomic E-state index is 13.7. The SMILES string of the molecule is CC(NS(=O)(=O)c1ccccc1CO)c1ccccc1F. The smallest absolute Gasteiger partial charge is 0.241 e. The minimum Gasteiger partial charge on any atom is -0.392 e. The largest absolute Gasteiger partial charge is 0.392 e. The zero-order chi connectivity index (χ0) is 15.5. The summed E-state index contributed by atoms with van der Waals surface area (Å²) in [6.07, 6.45) is 0. The van der Waals surface area contributed by atoms with Gasteiger partial charge in [0.15, 0.2) is 0 Å². The molecule has 0 spiro atoms. The monoisotopic (exact) mass is 309 g/mol. The number of rotatable bonds is 5. The topological polar surface area (TPSA) is 66.4 Å². The highest BCUT2D eigenvalue weighted by Gasteiger charge is 2.22. The summed E-state index contributed by atoms with van der Waals surface area (Å²) in [5.41, 5.74) is 0.563. The van der Waals surface area contributed by atoms with Gasteiger partial charge in [-0.2, -0.15) is 0 Å². The van der Waals surface area contributed by atoms with E-state index < -0.39 is 21.9 Å². The second kappa shape index (κ2) is 6.34. The van der Waals surface area contributed by atoms with Gasteiger partial charge < -0.3 is 5.11 Å². The van der Waals surface area contributed by atoms with E-state index in [4.69, 9.17) is 0 Å². The van der Waals surface area contributed by atoms with E-state index >= 15 is 0 Å². The van der Waals surface area contributed by atoms with Crippen molar-refractivity contribution in [2.75, 3.05) is 0 Å². The van der Waals surface area contributed by atoms with Crippen molar-refractivity contribution in [3.05, 3.63) is 65.5 Å². The van der Waals surface area contributed by atoms with Crippen molar-refractivity contribution in [3.63, 3.8) is 0 Å². The quantitative estimate of drug-likeness (QED) is 0.891. The van der Waals surface area contributed by atoms with Gasteiger partial charge in [-0.1, -0.05) is 36.4 Å². The lowest BCUT2D eigenvalue weighted by atomic mass is 10.1. The lowest BCUT2D eigenvalue weighted by molar-refractivity contribution is 0.278. The summed E-state index contributed by atoms with van der Waals surface area (Å²) in [5, 5.41) is 9.22. The summed E-state index contributed by atoms with van der Waals surface area (Å²) >= 11 is 0. The molecule has 0 saturated heterocycles. The molecule has 0 aromatic heterocycles. The minimum absolute atomic E-state index is 0.00399. The summed E-state index contributed by atoms with van der Waals surface area (Å²) in [4.78, 5) is -0.00399. The van der Waals surface area contributed by atoms with Crippen molar-refractivity contribution < 1.29 is 17.9 Å². The molecule has 1 atom stereocenters. The average Bonchev–Trinajstić information content (AvgIpc) is 2.47. The van der Waals surface area contributed by atoms with E-state index in [1.807, 2.05) is 0 Å². The maximum absolute atomic E-state index is 13.7. The van der Waals surface area contributed by atoms with Crippen LogP contribution >= 0.6 is 0 Å². The Hall–Kier alpha value is -1.76. The van der Waals surface area contributed by atoms with Gasteiger partial charge in [-0.05, 0) is 24.6 Å². The van der Waals surface area contributed by atoms with Gasteiger partial charge in [-0.15, -0.1) is 0 Å². The van der Waals surface area contributed by atoms with Crippen molar-refractivity contribution in [2.24, 2.45) is 0 Å². The first-order valence-electron chi connectivity index (χ1n) is 6.41. The van der Waals surface area contributed by atoms with E-state index in [0.29, 0.717) is 5.56 Å². The van der Waals surface area contributed by atoms with Crippen LogP contribution < -0.4 is 4.72 Å². The first kappa shape index (κ1) is 15.6. The molecule has 112 valence electrons. The highest BCUT2D eigenvalue weighted by Crippen LogP contribution is 2.21. The van der Waals surface area contributed by atoms with Crippen LogP contribution in [0.3, 0.4) is 0 Å². The highest BCUT2D eigenvalue weighted by molar-refractivity contribution is 7.89. The third kappa shape index (κ3) is 3.47. The summed E-state index contributed by atoms with van der Waals surface area (Å²) in [6, 6.07) is 11.4. The zero-order valence-corrected chi connectivity index (χ0v) is 12.3. The fourth-order valence-electron chi connectivity index (χ4n) is 2.08. The third-order valence-electron chi connectivity index (χ3n) is 3.14. The molecule has 0 aliphatic carbocycles. The molecule has 0 aliphatic rings. The summed E-state index contributed by atoms with van der Waals surface area (Å²) < 4.78 is 40.8. The summed E-state index contributed by atoms with van der Waals surface area (Å²) in [7, 11) is -3.84. The Labute approximate surface area is 123 Å². The van der Waals surface area contributed by atoms with Crippen LogP contribution in [-0.4, -0.2) is 13.5 Å². The molecule has 0 radical (unpaired) electrons. The number of halogens is 1. The van der Waals surface area contributed by atoms with Gasteiger partial charge in [0.05, 0.1) is 11.5 Å². The van der Waals surface area contributed by atoms with Gasteiger partial charge in [-0.3, -0.25) is 0 Å². The van der Waals surface area contributed by atoms with Crippen LogP contribution in [0, 0.1) is 5.82 Å². The predicted molar refractivity (Wildman–Crippen MR) is 77.5 cm³/mol. The van der Waals surface area contributed by atoms with Crippen molar-refractivity contribution in [3.8, 4) is 0 Å². The molecule has 0 amide bonds. The Morgan fingerprint density at radius 1 is 1.14 bits per heavy atom. The molecular weight excluding hydrogens is 293 g/mol. The Kier molecular flexibility index (Phi) is 4.72. The van der Waals surface area contributed by atoms with Crippen molar-refractivity contribution >= 4 is 10.0 Å². The normalized spacial score (nSPS) is 13.1. The van der Waals surface area contributed by atoms with Crippen LogP contribution in [0.15, 0.2) is 53.4 Å². The Morgan fingerprint density at radius 3 is 2.43 bits per heavy atom. The number of hydrogen-bond donors (Lipinski definition) is 2. The van der Waals surface area contributed by atoms with E-state index in [0.717, 1.165) is 0 Å². The molecule has 0 aliphatic heterocycles. The van der Waals surface area contributed by atoms with Crippen LogP contribution in [0.5, 0.6) is 0 Å². The van der Waals surface area contributed by atoms with Gasteiger partial charge in [0.1, 0.15) is 5.82 Å². The second-order valence-electron chi connectivity index (χ2n) is 4.63. The molecule has 21 heavy (non-hydrogen) atoms. The standard InChI is InChI=1S/C15H16FNO3S/c1-11(13-7-3-4-8-14(13)16)17-21(19,20)15-9-5-2-6-12(15)10-18/h2-9,11,17-18H,10H2,1H3. The van der Waals surface area contributed by atoms with Crippen LogP contribution in [0.2, 0.25) is 0 Å². The lowest BCUT2D eigenvalue weighted by Gasteiger charge is -2.16. The van der Waals surface area contributed by atoms with Crippen LogP contribution in [0.4, 0.5) is 4.39 Å². The first-order chi connectivity index (χ1) is 9.95. The van der Waals surface area contributed by atoms with E-state index in [9.17, 15) is 17.9 Å². The van der Waals surface area contributed by atoms with Crippen molar-refractivity contribution in [1.29, 1.82) is 0 Å². The molecule has 0 bridgehead atoms. The highest BCUT2D eigenvalue weighted by atomic mass is 32.2.